The van der Waals surface area contributed by atoms with E-state index >= 15 is 0 Å². The largest absolute Gasteiger partial charge is 0.449 e. The number of carbonyl (C=O) groups excluding carboxylic acids is 2. The van der Waals surface area contributed by atoms with Gasteiger partial charge >= 0.3 is 5.97 Å². The van der Waals surface area contributed by atoms with E-state index in [4.69, 9.17) is 4.74 Å². The number of anilines is 1. The Labute approximate surface area is 191 Å². The number of nitrogens with one attached hydrogen (secondary N) is 1. The maximum atomic E-state index is 13.4. The molecule has 0 aromatic heterocycles. The Morgan fingerprint density at radius 2 is 1.64 bits per heavy atom. The van der Waals surface area contributed by atoms with Gasteiger partial charge in [0.2, 0.25) is 0 Å². The highest BCUT2D eigenvalue weighted by molar-refractivity contribution is 7.92. The molecule has 33 heavy (non-hydrogen) atoms. The number of sulfonamides is 1. The van der Waals surface area contributed by atoms with Crippen molar-refractivity contribution in [1.29, 1.82) is 0 Å². The molecule has 0 spiro atoms. The highest BCUT2D eigenvalue weighted by atomic mass is 32.2. The van der Waals surface area contributed by atoms with Gasteiger partial charge in [0.05, 0.1) is 10.5 Å². The number of carbonyl (C=O) groups is 2. The summed E-state index contributed by atoms with van der Waals surface area (Å²) in [6.07, 6.45) is 1.89. The van der Waals surface area contributed by atoms with Crippen LogP contribution in [0.15, 0.2) is 47.4 Å². The van der Waals surface area contributed by atoms with E-state index in [1.807, 2.05) is 13.8 Å². The molecule has 1 heterocycles. The Kier molecular flexibility index (Phi) is 7.36. The summed E-state index contributed by atoms with van der Waals surface area (Å²) in [5.41, 5.74) is 0.238. The molecule has 3 rings (SSSR count). The van der Waals surface area contributed by atoms with E-state index < -0.39 is 38.6 Å². The number of hydrogen-bond acceptors (Lipinski definition) is 5. The van der Waals surface area contributed by atoms with Crippen molar-refractivity contribution in [3.8, 4) is 0 Å². The predicted octanol–water partition coefficient (Wildman–Crippen LogP) is 4.10. The first kappa shape index (κ1) is 24.6. The average molecular weight is 481 g/mol. The van der Waals surface area contributed by atoms with Crippen LogP contribution in [-0.4, -0.2) is 43.4 Å². The van der Waals surface area contributed by atoms with Crippen molar-refractivity contribution in [3.63, 3.8) is 0 Å². The molecule has 0 unspecified atom stereocenters. The number of piperidine rings is 1. The van der Waals surface area contributed by atoms with Crippen LogP contribution in [-0.2, 0) is 19.6 Å². The van der Waals surface area contributed by atoms with Crippen molar-refractivity contribution in [2.24, 2.45) is 0 Å². The lowest BCUT2D eigenvalue weighted by atomic mass is 9.97. The van der Waals surface area contributed by atoms with E-state index in [1.165, 1.54) is 31.2 Å². The molecule has 10 heteroatoms. The molecule has 1 N–H and O–H groups in total. The molecule has 1 amide bonds. The van der Waals surface area contributed by atoms with Crippen LogP contribution < -0.4 is 4.72 Å². The number of benzene rings is 2. The molecular weight excluding hydrogens is 454 g/mol. The summed E-state index contributed by atoms with van der Waals surface area (Å²) in [6, 6.07) is 7.72. The van der Waals surface area contributed by atoms with Gasteiger partial charge in [0.15, 0.2) is 17.7 Å². The number of esters is 1. The normalized spacial score (nSPS) is 19.6. The lowest BCUT2D eigenvalue weighted by Crippen LogP contribution is -2.51. The Hall–Kier alpha value is -3.01. The molecule has 0 bridgehead atoms. The maximum Gasteiger partial charge on any atom is 0.338 e. The lowest BCUT2D eigenvalue weighted by Gasteiger charge is -2.40. The lowest BCUT2D eigenvalue weighted by molar-refractivity contribution is -0.146. The molecule has 178 valence electrons. The minimum Gasteiger partial charge on any atom is -0.449 e. The Balaban J connectivity index is 1.65. The van der Waals surface area contributed by atoms with Gasteiger partial charge in [-0.3, -0.25) is 9.52 Å². The summed E-state index contributed by atoms with van der Waals surface area (Å²) in [5.74, 6) is -3.41. The third kappa shape index (κ3) is 5.68. The molecule has 0 aliphatic carbocycles. The highest BCUT2D eigenvalue weighted by Crippen LogP contribution is 2.24. The third-order valence-corrected chi connectivity index (χ3v) is 7.03. The molecule has 1 aliphatic heterocycles. The molecular formula is C23H26F2N2O5S. The number of hydrogen-bond donors (Lipinski definition) is 1. The van der Waals surface area contributed by atoms with E-state index in [9.17, 15) is 26.8 Å². The van der Waals surface area contributed by atoms with Crippen molar-refractivity contribution >= 4 is 27.6 Å². The second-order valence-corrected chi connectivity index (χ2v) is 9.86. The molecule has 0 radical (unpaired) electrons. The molecule has 7 nitrogen and oxygen atoms in total. The fraction of sp³-hybridized carbons (Fsp3) is 0.391. The van der Waals surface area contributed by atoms with Crippen molar-refractivity contribution in [2.75, 3.05) is 4.72 Å². The van der Waals surface area contributed by atoms with Gasteiger partial charge < -0.3 is 9.64 Å². The average Bonchev–Trinajstić information content (AvgIpc) is 2.75. The zero-order chi connectivity index (χ0) is 24.3. The molecule has 1 fully saturated rings. The molecule has 1 saturated heterocycles. The van der Waals surface area contributed by atoms with E-state index in [-0.39, 0.29) is 29.2 Å². The number of halogens is 2. The number of amides is 1. The molecule has 0 saturated carbocycles. The van der Waals surface area contributed by atoms with Gasteiger partial charge in [0.1, 0.15) is 0 Å². The van der Waals surface area contributed by atoms with Crippen LogP contribution in [0, 0.1) is 11.6 Å². The van der Waals surface area contributed by atoms with Gasteiger partial charge in [0, 0.05) is 17.8 Å². The van der Waals surface area contributed by atoms with Crippen molar-refractivity contribution in [3.05, 3.63) is 59.7 Å². The maximum absolute atomic E-state index is 13.4. The van der Waals surface area contributed by atoms with E-state index in [0.29, 0.717) is 6.07 Å². The Morgan fingerprint density at radius 1 is 1.03 bits per heavy atom. The monoisotopic (exact) mass is 480 g/mol. The van der Waals surface area contributed by atoms with Crippen LogP contribution >= 0.6 is 0 Å². The SMILES string of the molecule is C[C@@H]1CCC[C@H](C)N1C(=O)[C@@H](C)OC(=O)c1ccc(NS(=O)(=O)c2ccc(F)c(F)c2)cc1. The van der Waals surface area contributed by atoms with E-state index in [0.717, 1.165) is 31.4 Å². The van der Waals surface area contributed by atoms with Gasteiger partial charge in [-0.2, -0.15) is 0 Å². The summed E-state index contributed by atoms with van der Waals surface area (Å²) in [5, 5.41) is 0. The minimum atomic E-state index is -4.16. The highest BCUT2D eigenvalue weighted by Gasteiger charge is 2.33. The van der Waals surface area contributed by atoms with Crippen LogP contribution in [0.25, 0.3) is 0 Å². The predicted molar refractivity (Wildman–Crippen MR) is 118 cm³/mol. The zero-order valence-electron chi connectivity index (χ0n) is 18.5. The van der Waals surface area contributed by atoms with Crippen LogP contribution in [0.5, 0.6) is 0 Å². The molecule has 3 atom stereocenters. The van der Waals surface area contributed by atoms with Crippen LogP contribution in [0.2, 0.25) is 0 Å². The van der Waals surface area contributed by atoms with Gasteiger partial charge in [-0.25, -0.2) is 22.0 Å². The van der Waals surface area contributed by atoms with Gasteiger partial charge in [-0.1, -0.05) is 0 Å². The quantitative estimate of drug-likeness (QED) is 0.629. The van der Waals surface area contributed by atoms with Crippen molar-refractivity contribution in [1.82, 2.24) is 4.90 Å². The van der Waals surface area contributed by atoms with E-state index in [2.05, 4.69) is 4.72 Å². The van der Waals surface area contributed by atoms with Gasteiger partial charge in [0.25, 0.3) is 15.9 Å². The minimum absolute atomic E-state index is 0.0734. The number of ether oxygens (including phenoxy) is 1. The van der Waals surface area contributed by atoms with Crippen LogP contribution in [0.4, 0.5) is 14.5 Å². The first-order chi connectivity index (χ1) is 15.5. The Bertz CT molecular complexity index is 1130. The molecule has 2 aromatic rings. The van der Waals surface area contributed by atoms with E-state index in [1.54, 1.807) is 4.90 Å². The summed E-state index contributed by atoms with van der Waals surface area (Å²) >= 11 is 0. The summed E-state index contributed by atoms with van der Waals surface area (Å²) in [6.45, 7) is 5.48. The smallest absolute Gasteiger partial charge is 0.338 e. The Morgan fingerprint density at radius 3 is 2.21 bits per heavy atom. The number of nitrogens with zero attached hydrogens (tertiary/aromatic N) is 1. The van der Waals surface area contributed by atoms with Crippen molar-refractivity contribution < 1.29 is 31.5 Å². The topological polar surface area (TPSA) is 92.8 Å². The van der Waals surface area contributed by atoms with Crippen LogP contribution in [0.1, 0.15) is 50.4 Å². The fourth-order valence-electron chi connectivity index (χ4n) is 3.88. The first-order valence-corrected chi connectivity index (χ1v) is 12.1. The molecule has 2 aromatic carbocycles. The molecule has 1 aliphatic rings. The first-order valence-electron chi connectivity index (χ1n) is 10.6. The second-order valence-electron chi connectivity index (χ2n) is 8.18. The second kappa shape index (κ2) is 9.86. The van der Waals surface area contributed by atoms with Gasteiger partial charge in [-0.15, -0.1) is 0 Å². The fourth-order valence-corrected chi connectivity index (χ4v) is 4.95. The summed E-state index contributed by atoms with van der Waals surface area (Å²) in [4.78, 5) is 26.6. The zero-order valence-corrected chi connectivity index (χ0v) is 19.4. The summed E-state index contributed by atoms with van der Waals surface area (Å²) < 4.78 is 58.7. The number of rotatable bonds is 6. The number of likely N-dealkylation sites (tertiary alicyclic amines) is 1. The van der Waals surface area contributed by atoms with Crippen LogP contribution in [0.3, 0.4) is 0 Å². The van der Waals surface area contributed by atoms with Crippen molar-refractivity contribution in [2.45, 2.75) is 63.1 Å². The summed E-state index contributed by atoms with van der Waals surface area (Å²) in [7, 11) is -4.16. The van der Waals surface area contributed by atoms with Gasteiger partial charge in [-0.05, 0) is 82.5 Å². The standard InChI is InChI=1S/C23H26F2N2O5S/c1-14-5-4-6-15(2)27(14)22(28)16(3)32-23(29)17-7-9-18(10-8-17)26-33(30,31)19-11-12-20(24)21(25)13-19/h7-16,26H,4-6H2,1-3H3/t14-,15+,16-/m1/s1. The third-order valence-electron chi connectivity index (χ3n) is 5.65.